The van der Waals surface area contributed by atoms with Gasteiger partial charge in [0.15, 0.2) is 0 Å². The van der Waals surface area contributed by atoms with Crippen molar-refractivity contribution in [2.75, 3.05) is 5.32 Å². The number of aromatic nitrogens is 6. The van der Waals surface area contributed by atoms with Crippen molar-refractivity contribution >= 4 is 28.2 Å². The normalized spacial score (nSPS) is 11.8. The van der Waals surface area contributed by atoms with Crippen molar-refractivity contribution in [2.24, 2.45) is 0 Å². The van der Waals surface area contributed by atoms with Crippen LogP contribution in [0.15, 0.2) is 67.0 Å². The molecule has 5 aromatic rings. The molecule has 0 bridgehead atoms. The van der Waals surface area contributed by atoms with E-state index in [-0.39, 0.29) is 23.2 Å². The van der Waals surface area contributed by atoms with Gasteiger partial charge in [0.1, 0.15) is 22.4 Å². The molecule has 0 radical (unpaired) electrons. The van der Waals surface area contributed by atoms with Gasteiger partial charge in [-0.1, -0.05) is 22.9 Å². The van der Waals surface area contributed by atoms with Gasteiger partial charge in [-0.25, -0.2) is 18.7 Å². The second-order valence-corrected chi connectivity index (χ2v) is 7.70. The molecule has 34 heavy (non-hydrogen) atoms. The van der Waals surface area contributed by atoms with Crippen molar-refractivity contribution < 1.29 is 17.6 Å². The van der Waals surface area contributed by atoms with Crippen LogP contribution in [-0.2, 0) is 12.7 Å². The molecule has 2 aromatic carbocycles. The molecule has 7 nitrogen and oxygen atoms in total. The highest BCUT2D eigenvalue weighted by Gasteiger charge is 2.33. The number of benzene rings is 2. The number of fused-ring (bicyclic) bond motifs is 1. The molecule has 5 rings (SSSR count). The van der Waals surface area contributed by atoms with Crippen LogP contribution in [0.5, 0.6) is 0 Å². The van der Waals surface area contributed by atoms with Crippen LogP contribution < -0.4 is 5.32 Å². The molecular formula is C22H14ClF4N7. The highest BCUT2D eigenvalue weighted by molar-refractivity contribution is 6.29. The zero-order valence-corrected chi connectivity index (χ0v) is 17.9. The van der Waals surface area contributed by atoms with Crippen molar-refractivity contribution in [2.45, 2.75) is 12.7 Å². The van der Waals surface area contributed by atoms with Crippen molar-refractivity contribution in [3.05, 3.63) is 89.3 Å². The van der Waals surface area contributed by atoms with Crippen molar-refractivity contribution in [1.82, 2.24) is 29.8 Å². The molecule has 12 heteroatoms. The van der Waals surface area contributed by atoms with Crippen LogP contribution in [0.25, 0.3) is 22.3 Å². The van der Waals surface area contributed by atoms with E-state index in [1.54, 1.807) is 35.1 Å². The third-order valence-corrected chi connectivity index (χ3v) is 5.21. The van der Waals surface area contributed by atoms with E-state index >= 15 is 0 Å². The van der Waals surface area contributed by atoms with Gasteiger partial charge in [0, 0.05) is 5.69 Å². The molecule has 0 amide bonds. The molecule has 172 valence electrons. The van der Waals surface area contributed by atoms with Gasteiger partial charge in [0.2, 0.25) is 0 Å². The van der Waals surface area contributed by atoms with Gasteiger partial charge in [-0.2, -0.15) is 18.3 Å². The van der Waals surface area contributed by atoms with Crippen LogP contribution in [0.4, 0.5) is 23.2 Å². The monoisotopic (exact) mass is 487 g/mol. The Morgan fingerprint density at radius 2 is 1.76 bits per heavy atom. The Morgan fingerprint density at radius 3 is 2.53 bits per heavy atom. The Morgan fingerprint density at radius 1 is 1.00 bits per heavy atom. The summed E-state index contributed by atoms with van der Waals surface area (Å²) in [6.45, 7) is 0.126. The molecule has 0 unspecified atom stereocenters. The van der Waals surface area contributed by atoms with Crippen LogP contribution in [0.2, 0.25) is 5.15 Å². The lowest BCUT2D eigenvalue weighted by atomic mass is 10.2. The van der Waals surface area contributed by atoms with Gasteiger partial charge in [-0.15, -0.1) is 5.10 Å². The molecule has 3 aromatic heterocycles. The van der Waals surface area contributed by atoms with E-state index in [9.17, 15) is 17.6 Å². The number of halogens is 5. The molecular weight excluding hydrogens is 474 g/mol. The Labute approximate surface area is 194 Å². The zero-order chi connectivity index (χ0) is 23.9. The Balaban J connectivity index is 1.31. The summed E-state index contributed by atoms with van der Waals surface area (Å²) < 4.78 is 55.8. The second kappa shape index (κ2) is 8.41. The summed E-state index contributed by atoms with van der Waals surface area (Å²) in [5.41, 5.74) is 1.66. The third kappa shape index (κ3) is 4.29. The average Bonchev–Trinajstić information content (AvgIpc) is 3.45. The topological polar surface area (TPSA) is 73.5 Å². The highest BCUT2D eigenvalue weighted by atomic mass is 35.5. The van der Waals surface area contributed by atoms with Gasteiger partial charge in [-0.3, -0.25) is 0 Å². The van der Waals surface area contributed by atoms with Gasteiger partial charge >= 0.3 is 6.18 Å². The summed E-state index contributed by atoms with van der Waals surface area (Å²) in [6, 6.07) is 14.2. The van der Waals surface area contributed by atoms with Gasteiger partial charge in [-0.05, 0) is 48.5 Å². The first-order valence-corrected chi connectivity index (χ1v) is 10.3. The summed E-state index contributed by atoms with van der Waals surface area (Å²) >= 11 is 5.70. The molecule has 0 aliphatic carbocycles. The van der Waals surface area contributed by atoms with E-state index in [0.717, 1.165) is 11.8 Å². The number of hydrogen-bond donors (Lipinski definition) is 1. The minimum Gasteiger partial charge on any atom is -0.379 e. The third-order valence-electron chi connectivity index (χ3n) is 5.02. The van der Waals surface area contributed by atoms with Crippen molar-refractivity contribution in [3.8, 4) is 11.4 Å². The predicted molar refractivity (Wildman–Crippen MR) is 118 cm³/mol. The van der Waals surface area contributed by atoms with Crippen LogP contribution >= 0.6 is 11.6 Å². The van der Waals surface area contributed by atoms with Crippen LogP contribution in [0.1, 0.15) is 11.4 Å². The fourth-order valence-corrected chi connectivity index (χ4v) is 3.62. The van der Waals surface area contributed by atoms with Crippen LogP contribution in [-0.4, -0.2) is 29.8 Å². The van der Waals surface area contributed by atoms with Gasteiger partial charge < -0.3 is 5.32 Å². The minimum atomic E-state index is -4.60. The van der Waals surface area contributed by atoms with Gasteiger partial charge in [0.25, 0.3) is 0 Å². The first kappa shape index (κ1) is 21.8. The number of nitrogens with zero attached hydrogens (tertiary/aromatic N) is 6. The zero-order valence-electron chi connectivity index (χ0n) is 17.1. The summed E-state index contributed by atoms with van der Waals surface area (Å²) in [5.74, 6) is -0.340. The standard InChI is InChI=1S/C22H14ClF4N7/c23-21-9-13(8-20(30-21)22(25,26)27)28-10-14-12-33(32-31-14)15-4-6-16(7-5-15)34-19-3-1-2-18(24)17(19)11-29-34/h1-9,11-12H,10H2,(H,28,30). The van der Waals surface area contributed by atoms with Crippen molar-refractivity contribution in [3.63, 3.8) is 0 Å². The maximum atomic E-state index is 13.9. The maximum Gasteiger partial charge on any atom is 0.433 e. The van der Waals surface area contributed by atoms with Crippen LogP contribution in [0.3, 0.4) is 0 Å². The van der Waals surface area contributed by atoms with Gasteiger partial charge in [0.05, 0.1) is 41.2 Å². The maximum absolute atomic E-state index is 13.9. The van der Waals surface area contributed by atoms with E-state index in [4.69, 9.17) is 11.6 Å². The van der Waals surface area contributed by atoms with E-state index in [1.165, 1.54) is 23.0 Å². The smallest absolute Gasteiger partial charge is 0.379 e. The quantitative estimate of drug-likeness (QED) is 0.264. The molecule has 0 atom stereocenters. The molecule has 0 saturated heterocycles. The number of anilines is 1. The Bertz CT molecular complexity index is 1480. The van der Waals surface area contributed by atoms with E-state index < -0.39 is 11.9 Å². The summed E-state index contributed by atoms with van der Waals surface area (Å²) in [5, 5.41) is 15.4. The lowest BCUT2D eigenvalue weighted by Gasteiger charge is -2.10. The first-order chi connectivity index (χ1) is 16.3. The molecule has 0 spiro atoms. The van der Waals surface area contributed by atoms with E-state index in [2.05, 4.69) is 25.7 Å². The molecule has 0 fully saturated rings. The first-order valence-electron chi connectivity index (χ1n) is 9.91. The number of hydrogen-bond acceptors (Lipinski definition) is 5. The summed E-state index contributed by atoms with van der Waals surface area (Å²) in [6.07, 6.45) is -1.48. The second-order valence-electron chi connectivity index (χ2n) is 7.31. The fraction of sp³-hybridized carbons (Fsp3) is 0.0909. The van der Waals surface area contributed by atoms with Crippen LogP contribution in [0, 0.1) is 5.82 Å². The van der Waals surface area contributed by atoms with Crippen molar-refractivity contribution in [1.29, 1.82) is 0 Å². The molecule has 3 heterocycles. The number of pyridine rings is 1. The average molecular weight is 488 g/mol. The highest BCUT2D eigenvalue weighted by Crippen LogP contribution is 2.31. The van der Waals surface area contributed by atoms with E-state index in [1.807, 2.05) is 12.1 Å². The fourth-order valence-electron chi connectivity index (χ4n) is 3.41. The largest absolute Gasteiger partial charge is 0.433 e. The number of nitrogens with one attached hydrogen (secondary N) is 1. The van der Waals surface area contributed by atoms with E-state index in [0.29, 0.717) is 22.3 Å². The summed E-state index contributed by atoms with van der Waals surface area (Å²) in [7, 11) is 0. The summed E-state index contributed by atoms with van der Waals surface area (Å²) in [4.78, 5) is 3.29. The Hall–Kier alpha value is -3.99. The minimum absolute atomic E-state index is 0.126. The number of alkyl halides is 3. The lowest BCUT2D eigenvalue weighted by molar-refractivity contribution is -0.141. The Kier molecular flexibility index (Phi) is 5.40. The molecule has 0 saturated carbocycles. The lowest BCUT2D eigenvalue weighted by Crippen LogP contribution is -2.09. The molecule has 1 N–H and O–H groups in total. The molecule has 0 aliphatic rings. The predicted octanol–water partition coefficient (Wildman–Crippen LogP) is 5.42. The SMILES string of the molecule is Fc1cccc2c1cnn2-c1ccc(-n2cc(CNc3cc(Cl)nc(C(F)(F)F)c3)nn2)cc1. The molecule has 0 aliphatic heterocycles. The number of rotatable bonds is 5.